The van der Waals surface area contributed by atoms with Crippen LogP contribution >= 0.6 is 0 Å². The summed E-state index contributed by atoms with van der Waals surface area (Å²) in [6.45, 7) is 2.39. The Morgan fingerprint density at radius 3 is 2.40 bits per heavy atom. The van der Waals surface area contributed by atoms with Crippen molar-refractivity contribution in [2.45, 2.75) is 13.5 Å². The van der Waals surface area contributed by atoms with E-state index < -0.39 is 28.8 Å². The number of rotatable bonds is 6. The molecule has 0 unspecified atom stereocenters. The first-order valence-corrected chi connectivity index (χ1v) is 9.31. The molecule has 0 aliphatic rings. The minimum absolute atomic E-state index is 0.0230. The van der Waals surface area contributed by atoms with Crippen molar-refractivity contribution in [2.75, 3.05) is 27.8 Å². The van der Waals surface area contributed by atoms with Crippen molar-refractivity contribution in [3.05, 3.63) is 69.5 Å². The Morgan fingerprint density at radius 1 is 1.17 bits per heavy atom. The zero-order valence-electron chi connectivity index (χ0n) is 17.2. The van der Waals surface area contributed by atoms with Gasteiger partial charge in [0.25, 0.3) is 0 Å². The lowest BCUT2D eigenvalue weighted by atomic mass is 10.1. The van der Waals surface area contributed by atoms with Gasteiger partial charge in [0.05, 0.1) is 19.1 Å². The maximum absolute atomic E-state index is 14.4. The molecular weight excluding hydrogens is 394 g/mol. The normalized spacial score (nSPS) is 11.2. The molecule has 0 atom stereocenters. The lowest BCUT2D eigenvalue weighted by Gasteiger charge is -2.17. The predicted octanol–water partition coefficient (Wildman–Crippen LogP) is 3.52. The molecular formula is C22H22F2N2O4. The third-order valence-corrected chi connectivity index (χ3v) is 4.55. The van der Waals surface area contributed by atoms with Crippen molar-refractivity contribution in [1.82, 2.24) is 9.47 Å². The molecule has 0 aliphatic carbocycles. The summed E-state index contributed by atoms with van der Waals surface area (Å²) in [6, 6.07) is 8.04. The highest BCUT2D eigenvalue weighted by molar-refractivity contribution is 5.96. The fourth-order valence-corrected chi connectivity index (χ4v) is 3.27. The Morgan fingerprint density at radius 2 is 1.83 bits per heavy atom. The Bertz CT molecular complexity index is 1150. The van der Waals surface area contributed by atoms with E-state index in [4.69, 9.17) is 9.47 Å². The Labute approximate surface area is 172 Å². The average Bonchev–Trinajstić information content (AvgIpc) is 2.70. The lowest BCUT2D eigenvalue weighted by molar-refractivity contribution is 0.0524. The largest absolute Gasteiger partial charge is 0.491 e. The van der Waals surface area contributed by atoms with Gasteiger partial charge in [-0.2, -0.15) is 4.39 Å². The molecule has 1 aromatic heterocycles. The van der Waals surface area contributed by atoms with Crippen LogP contribution in [0.4, 0.5) is 8.78 Å². The number of nitrogens with zero attached hydrogens (tertiary/aromatic N) is 2. The average molecular weight is 416 g/mol. The van der Waals surface area contributed by atoms with Gasteiger partial charge in [-0.15, -0.1) is 0 Å². The van der Waals surface area contributed by atoms with Crippen LogP contribution < -0.4 is 10.2 Å². The van der Waals surface area contributed by atoms with E-state index in [0.29, 0.717) is 12.2 Å². The Hall–Kier alpha value is -3.26. The summed E-state index contributed by atoms with van der Waals surface area (Å²) >= 11 is 0. The second-order valence-corrected chi connectivity index (χ2v) is 6.97. The summed E-state index contributed by atoms with van der Waals surface area (Å²) in [5, 5.41) is -0.186. The van der Waals surface area contributed by atoms with Gasteiger partial charge >= 0.3 is 5.97 Å². The van der Waals surface area contributed by atoms with E-state index in [0.717, 1.165) is 11.6 Å². The number of pyridine rings is 1. The number of hydrogen-bond donors (Lipinski definition) is 0. The topological polar surface area (TPSA) is 60.8 Å². The highest BCUT2D eigenvalue weighted by atomic mass is 19.2. The summed E-state index contributed by atoms with van der Waals surface area (Å²) in [5.41, 5.74) is 0.548. The predicted molar refractivity (Wildman–Crippen MR) is 109 cm³/mol. The maximum atomic E-state index is 14.4. The molecule has 0 radical (unpaired) electrons. The van der Waals surface area contributed by atoms with Crippen LogP contribution in [0.3, 0.4) is 0 Å². The van der Waals surface area contributed by atoms with Gasteiger partial charge in [0.15, 0.2) is 11.6 Å². The van der Waals surface area contributed by atoms with Crippen LogP contribution in [0.5, 0.6) is 5.75 Å². The van der Waals surface area contributed by atoms with Crippen molar-refractivity contribution >= 4 is 16.9 Å². The molecule has 6 nitrogen and oxygen atoms in total. The molecule has 0 fully saturated rings. The first kappa shape index (κ1) is 21.4. The molecule has 0 saturated heterocycles. The van der Waals surface area contributed by atoms with Gasteiger partial charge in [-0.3, -0.25) is 4.79 Å². The van der Waals surface area contributed by atoms with E-state index in [9.17, 15) is 18.4 Å². The smallest absolute Gasteiger partial charge is 0.343 e. The minimum atomic E-state index is -1.25. The zero-order valence-corrected chi connectivity index (χ0v) is 17.2. The van der Waals surface area contributed by atoms with Gasteiger partial charge in [-0.25, -0.2) is 9.18 Å². The molecule has 158 valence electrons. The minimum Gasteiger partial charge on any atom is -0.491 e. The fraction of sp³-hybridized carbons (Fsp3) is 0.273. The number of aromatic nitrogens is 1. The standard InChI is InChI=1S/C22H22F2N2O4/c1-5-30-22(28)16-12-26(14-8-6-13(7-9-14)11-25(2)3)19-15(20(16)27)10-17(23)18(24)21(19)29-4/h6-10,12H,5,11H2,1-4H3. The van der Waals surface area contributed by atoms with Crippen molar-refractivity contribution in [2.24, 2.45) is 0 Å². The molecule has 0 N–H and O–H groups in total. The lowest BCUT2D eigenvalue weighted by Crippen LogP contribution is -2.21. The van der Waals surface area contributed by atoms with Crippen molar-refractivity contribution < 1.29 is 23.0 Å². The van der Waals surface area contributed by atoms with Crippen LogP contribution in [-0.4, -0.2) is 43.2 Å². The van der Waals surface area contributed by atoms with Crippen molar-refractivity contribution in [1.29, 1.82) is 0 Å². The van der Waals surface area contributed by atoms with Gasteiger partial charge in [-0.1, -0.05) is 12.1 Å². The SMILES string of the molecule is CCOC(=O)c1cn(-c2ccc(CN(C)C)cc2)c2c(OC)c(F)c(F)cc2c1=O. The quantitative estimate of drug-likeness (QED) is 0.576. The third-order valence-electron chi connectivity index (χ3n) is 4.55. The zero-order chi connectivity index (χ0) is 22.0. The molecule has 3 aromatic rings. The number of carbonyl (C=O) groups excluding carboxylic acids is 1. The number of carbonyl (C=O) groups is 1. The maximum Gasteiger partial charge on any atom is 0.343 e. The van der Waals surface area contributed by atoms with Crippen molar-refractivity contribution in [3.63, 3.8) is 0 Å². The van der Waals surface area contributed by atoms with Gasteiger partial charge in [-0.05, 0) is 44.8 Å². The van der Waals surface area contributed by atoms with E-state index in [1.807, 2.05) is 31.1 Å². The summed E-state index contributed by atoms with van der Waals surface area (Å²) in [6.07, 6.45) is 1.27. The monoisotopic (exact) mass is 416 g/mol. The summed E-state index contributed by atoms with van der Waals surface area (Å²) < 4.78 is 40.1. The molecule has 0 amide bonds. The van der Waals surface area contributed by atoms with Gasteiger partial charge < -0.3 is 18.9 Å². The number of fused-ring (bicyclic) bond motifs is 1. The van der Waals surface area contributed by atoms with Crippen LogP contribution in [0, 0.1) is 11.6 Å². The van der Waals surface area contributed by atoms with E-state index in [-0.39, 0.29) is 23.1 Å². The molecule has 2 aromatic carbocycles. The Kier molecular flexibility index (Phi) is 6.17. The summed E-state index contributed by atoms with van der Waals surface area (Å²) in [5.74, 6) is -3.72. The molecule has 3 rings (SSSR count). The van der Waals surface area contributed by atoms with E-state index in [1.54, 1.807) is 19.1 Å². The number of ether oxygens (including phenoxy) is 2. The fourth-order valence-electron chi connectivity index (χ4n) is 3.27. The van der Waals surface area contributed by atoms with Gasteiger partial charge in [0, 0.05) is 18.4 Å². The van der Waals surface area contributed by atoms with Crippen LogP contribution in [0.15, 0.2) is 41.3 Å². The first-order valence-electron chi connectivity index (χ1n) is 9.31. The van der Waals surface area contributed by atoms with Crippen LogP contribution in [-0.2, 0) is 11.3 Å². The highest BCUT2D eigenvalue weighted by Gasteiger charge is 2.24. The van der Waals surface area contributed by atoms with E-state index in [1.165, 1.54) is 17.9 Å². The van der Waals surface area contributed by atoms with Gasteiger partial charge in [0.2, 0.25) is 11.2 Å². The second kappa shape index (κ2) is 8.62. The van der Waals surface area contributed by atoms with Gasteiger partial charge in [0.1, 0.15) is 11.1 Å². The number of halogens is 2. The number of hydrogen-bond acceptors (Lipinski definition) is 5. The van der Waals surface area contributed by atoms with Crippen LogP contribution in [0.2, 0.25) is 0 Å². The number of benzene rings is 2. The van der Waals surface area contributed by atoms with E-state index >= 15 is 0 Å². The second-order valence-electron chi connectivity index (χ2n) is 6.97. The summed E-state index contributed by atoms with van der Waals surface area (Å²) in [7, 11) is 5.07. The molecule has 8 heteroatoms. The molecule has 0 bridgehead atoms. The third kappa shape index (κ3) is 3.91. The van der Waals surface area contributed by atoms with Crippen molar-refractivity contribution in [3.8, 4) is 11.4 Å². The molecule has 1 heterocycles. The number of methoxy groups -OCH3 is 1. The molecule has 0 saturated carbocycles. The van der Waals surface area contributed by atoms with E-state index in [2.05, 4.69) is 0 Å². The molecule has 0 aliphatic heterocycles. The number of esters is 1. The van der Waals surface area contributed by atoms with Crippen LogP contribution in [0.25, 0.3) is 16.6 Å². The molecule has 30 heavy (non-hydrogen) atoms. The highest BCUT2D eigenvalue weighted by Crippen LogP contribution is 2.31. The first-order chi connectivity index (χ1) is 14.3. The summed E-state index contributed by atoms with van der Waals surface area (Å²) in [4.78, 5) is 27.2. The Balaban J connectivity index is 2.35. The van der Waals surface area contributed by atoms with Crippen LogP contribution in [0.1, 0.15) is 22.8 Å². The molecule has 0 spiro atoms.